The van der Waals surface area contributed by atoms with E-state index in [-0.39, 0.29) is 43.0 Å². The van der Waals surface area contributed by atoms with Gasteiger partial charge in [-0.3, -0.25) is 19.7 Å². The van der Waals surface area contributed by atoms with Crippen molar-refractivity contribution in [2.75, 3.05) is 26.3 Å². The van der Waals surface area contributed by atoms with Crippen LogP contribution in [0.15, 0.2) is 18.2 Å². The highest BCUT2D eigenvalue weighted by molar-refractivity contribution is 5.73. The lowest BCUT2D eigenvalue weighted by Gasteiger charge is -2.10. The van der Waals surface area contributed by atoms with Crippen molar-refractivity contribution in [1.82, 2.24) is 10.6 Å². The molecule has 1 rings (SSSR count). The first kappa shape index (κ1) is 18.2. The van der Waals surface area contributed by atoms with E-state index in [4.69, 9.17) is 9.47 Å². The molecule has 0 aliphatic rings. The van der Waals surface area contributed by atoms with Crippen molar-refractivity contribution in [3.63, 3.8) is 0 Å². The lowest BCUT2D eigenvalue weighted by Crippen LogP contribution is -2.25. The number of nitrogens with one attached hydrogen (secondary N) is 2. The predicted octanol–water partition coefficient (Wildman–Crippen LogP) is 0.625. The smallest absolute Gasteiger partial charge is 0.314 e. The standard InChI is InChI=1S/C14H19N3O6/c1-10(18)15-5-7-22-12-3-4-14(13(9-12)17(20)21)23-8-6-16-11(2)19/h3-4,9H,5-8H2,1-2H3,(H,15,18)(H,16,19). The van der Waals surface area contributed by atoms with Crippen LogP contribution in [0.3, 0.4) is 0 Å². The van der Waals surface area contributed by atoms with Gasteiger partial charge in [0, 0.05) is 13.8 Å². The second-order valence-corrected chi connectivity index (χ2v) is 4.55. The molecule has 2 N–H and O–H groups in total. The second-order valence-electron chi connectivity index (χ2n) is 4.55. The Balaban J connectivity index is 2.61. The monoisotopic (exact) mass is 325 g/mol. The molecule has 0 radical (unpaired) electrons. The number of carbonyl (C=O) groups is 2. The normalized spacial score (nSPS) is 9.83. The number of ether oxygens (including phenoxy) is 2. The van der Waals surface area contributed by atoms with Gasteiger partial charge in [-0.1, -0.05) is 0 Å². The molecule has 0 bridgehead atoms. The maximum atomic E-state index is 11.1. The van der Waals surface area contributed by atoms with E-state index in [0.717, 1.165) is 0 Å². The SMILES string of the molecule is CC(=O)NCCOc1ccc(OCCNC(C)=O)c([N+](=O)[O-])c1. The Morgan fingerprint density at radius 3 is 2.17 bits per heavy atom. The fraction of sp³-hybridized carbons (Fsp3) is 0.429. The van der Waals surface area contributed by atoms with Crippen LogP contribution in [0.5, 0.6) is 11.5 Å². The lowest BCUT2D eigenvalue weighted by molar-refractivity contribution is -0.385. The summed E-state index contributed by atoms with van der Waals surface area (Å²) in [5.74, 6) is 0.0133. The van der Waals surface area contributed by atoms with E-state index in [1.54, 1.807) is 0 Å². The molecule has 0 unspecified atom stereocenters. The van der Waals surface area contributed by atoms with Crippen molar-refractivity contribution in [3.05, 3.63) is 28.3 Å². The number of nitrogens with zero attached hydrogens (tertiary/aromatic N) is 1. The third kappa shape index (κ3) is 7.11. The summed E-state index contributed by atoms with van der Waals surface area (Å²) in [4.78, 5) is 31.9. The summed E-state index contributed by atoms with van der Waals surface area (Å²) in [6.45, 7) is 3.62. The molecule has 0 heterocycles. The molecular formula is C14H19N3O6. The number of amides is 2. The van der Waals surface area contributed by atoms with Crippen LogP contribution < -0.4 is 20.1 Å². The Bertz CT molecular complexity index is 576. The molecule has 0 saturated carbocycles. The van der Waals surface area contributed by atoms with E-state index < -0.39 is 4.92 Å². The Morgan fingerprint density at radius 2 is 1.65 bits per heavy atom. The predicted molar refractivity (Wildman–Crippen MR) is 81.5 cm³/mol. The van der Waals surface area contributed by atoms with Gasteiger partial charge in [0.2, 0.25) is 11.8 Å². The molecule has 0 aromatic heterocycles. The van der Waals surface area contributed by atoms with Crippen molar-refractivity contribution < 1.29 is 24.0 Å². The van der Waals surface area contributed by atoms with Crippen LogP contribution in [0.25, 0.3) is 0 Å². The number of benzene rings is 1. The molecule has 0 aliphatic heterocycles. The molecule has 0 aliphatic carbocycles. The molecule has 0 fully saturated rings. The topological polar surface area (TPSA) is 120 Å². The maximum absolute atomic E-state index is 11.1. The highest BCUT2D eigenvalue weighted by atomic mass is 16.6. The van der Waals surface area contributed by atoms with Gasteiger partial charge in [0.1, 0.15) is 19.0 Å². The second kappa shape index (κ2) is 9.23. The summed E-state index contributed by atoms with van der Waals surface area (Å²) < 4.78 is 10.6. The molecule has 9 heteroatoms. The minimum absolute atomic E-state index is 0.0922. The third-order valence-corrected chi connectivity index (χ3v) is 2.61. The number of nitro groups is 1. The summed E-state index contributed by atoms with van der Waals surface area (Å²) in [6.07, 6.45) is 0. The summed E-state index contributed by atoms with van der Waals surface area (Å²) in [5.41, 5.74) is -0.232. The van der Waals surface area contributed by atoms with Gasteiger partial charge in [0.05, 0.1) is 24.1 Å². The number of hydrogen-bond acceptors (Lipinski definition) is 6. The first-order chi connectivity index (χ1) is 10.9. The van der Waals surface area contributed by atoms with Gasteiger partial charge in [-0.15, -0.1) is 0 Å². The zero-order chi connectivity index (χ0) is 17.2. The molecule has 9 nitrogen and oxygen atoms in total. The van der Waals surface area contributed by atoms with Gasteiger partial charge in [-0.05, 0) is 12.1 Å². The van der Waals surface area contributed by atoms with E-state index in [1.807, 2.05) is 0 Å². The average molecular weight is 325 g/mol. The molecule has 0 spiro atoms. The highest BCUT2D eigenvalue weighted by Crippen LogP contribution is 2.31. The average Bonchev–Trinajstić information content (AvgIpc) is 2.48. The van der Waals surface area contributed by atoms with E-state index >= 15 is 0 Å². The van der Waals surface area contributed by atoms with Crippen molar-refractivity contribution in [1.29, 1.82) is 0 Å². The fourth-order valence-electron chi connectivity index (χ4n) is 1.64. The molecule has 1 aromatic rings. The lowest BCUT2D eigenvalue weighted by atomic mass is 10.3. The van der Waals surface area contributed by atoms with Crippen molar-refractivity contribution in [2.24, 2.45) is 0 Å². The molecule has 126 valence electrons. The van der Waals surface area contributed by atoms with E-state index in [0.29, 0.717) is 12.3 Å². The summed E-state index contributed by atoms with van der Waals surface area (Å²) in [6, 6.07) is 4.22. The van der Waals surface area contributed by atoms with Gasteiger partial charge in [-0.25, -0.2) is 0 Å². The van der Waals surface area contributed by atoms with Gasteiger partial charge in [0.15, 0.2) is 5.75 Å². The number of hydrogen-bond donors (Lipinski definition) is 2. The Labute approximate surface area is 133 Å². The quantitative estimate of drug-likeness (QED) is 0.390. The molecule has 2 amide bonds. The minimum Gasteiger partial charge on any atom is -0.491 e. The molecular weight excluding hydrogens is 306 g/mol. The fourth-order valence-corrected chi connectivity index (χ4v) is 1.64. The summed E-state index contributed by atoms with van der Waals surface area (Å²) in [5, 5.41) is 16.2. The zero-order valence-corrected chi connectivity index (χ0v) is 13.0. The van der Waals surface area contributed by atoms with Gasteiger partial charge in [-0.2, -0.15) is 0 Å². The molecule has 0 saturated heterocycles. The third-order valence-electron chi connectivity index (χ3n) is 2.61. The van der Waals surface area contributed by atoms with Crippen LogP contribution >= 0.6 is 0 Å². The number of nitro benzene ring substituents is 1. The van der Waals surface area contributed by atoms with E-state index in [1.165, 1.54) is 32.0 Å². The highest BCUT2D eigenvalue weighted by Gasteiger charge is 2.16. The first-order valence-corrected chi connectivity index (χ1v) is 6.93. The summed E-state index contributed by atoms with van der Waals surface area (Å²) in [7, 11) is 0. The van der Waals surface area contributed by atoms with Crippen molar-refractivity contribution in [3.8, 4) is 11.5 Å². The van der Waals surface area contributed by atoms with Crippen LogP contribution in [-0.2, 0) is 9.59 Å². The maximum Gasteiger partial charge on any atom is 0.314 e. The Morgan fingerprint density at radius 1 is 1.09 bits per heavy atom. The molecule has 1 aromatic carbocycles. The largest absolute Gasteiger partial charge is 0.491 e. The zero-order valence-electron chi connectivity index (χ0n) is 13.0. The summed E-state index contributed by atoms with van der Waals surface area (Å²) >= 11 is 0. The van der Waals surface area contributed by atoms with Crippen molar-refractivity contribution >= 4 is 17.5 Å². The minimum atomic E-state index is -0.575. The van der Waals surface area contributed by atoms with Gasteiger partial charge in [0.25, 0.3) is 0 Å². The first-order valence-electron chi connectivity index (χ1n) is 6.93. The Kier molecular flexibility index (Phi) is 7.31. The van der Waals surface area contributed by atoms with Crippen LogP contribution in [0, 0.1) is 10.1 Å². The number of carbonyl (C=O) groups excluding carboxylic acids is 2. The van der Waals surface area contributed by atoms with Crippen LogP contribution in [-0.4, -0.2) is 43.0 Å². The number of rotatable bonds is 9. The van der Waals surface area contributed by atoms with Crippen LogP contribution in [0.2, 0.25) is 0 Å². The molecule has 23 heavy (non-hydrogen) atoms. The van der Waals surface area contributed by atoms with E-state index in [9.17, 15) is 19.7 Å². The van der Waals surface area contributed by atoms with E-state index in [2.05, 4.69) is 10.6 Å². The van der Waals surface area contributed by atoms with Crippen molar-refractivity contribution in [2.45, 2.75) is 13.8 Å². The van der Waals surface area contributed by atoms with Crippen LogP contribution in [0.1, 0.15) is 13.8 Å². The van der Waals surface area contributed by atoms with Gasteiger partial charge >= 0.3 is 5.69 Å². The van der Waals surface area contributed by atoms with Gasteiger partial charge < -0.3 is 20.1 Å². The Hall–Kier alpha value is -2.84. The van der Waals surface area contributed by atoms with Crippen LogP contribution in [0.4, 0.5) is 5.69 Å². The molecule has 0 atom stereocenters.